The van der Waals surface area contributed by atoms with Crippen molar-refractivity contribution in [1.82, 2.24) is 15.4 Å². The van der Waals surface area contributed by atoms with E-state index in [1.54, 1.807) is 12.4 Å². The highest BCUT2D eigenvalue weighted by Crippen LogP contribution is 2.19. The van der Waals surface area contributed by atoms with Gasteiger partial charge in [0.2, 0.25) is 0 Å². The molecule has 0 aliphatic heterocycles. The number of aryl methyl sites for hydroxylation is 1. The fraction of sp³-hybridized carbons (Fsp3) is 0.143. The largest absolute Gasteiger partial charge is 0.361 e. The Morgan fingerprint density at radius 3 is 3.00 bits per heavy atom. The van der Waals surface area contributed by atoms with E-state index in [-0.39, 0.29) is 0 Å². The number of hydrogen-bond acceptors (Lipinski definition) is 3. The lowest BCUT2D eigenvalue weighted by atomic mass is 10.2. The zero-order chi connectivity index (χ0) is 7.68. The van der Waals surface area contributed by atoms with Gasteiger partial charge in [0, 0.05) is 6.20 Å². The smallest absolute Gasteiger partial charge is 0.142 e. The van der Waals surface area contributed by atoms with Crippen LogP contribution in [0.4, 0.5) is 0 Å². The molecule has 0 aromatic carbocycles. The molecular weight excluding hydrogens is 142 g/mol. The van der Waals surface area contributed by atoms with Crippen molar-refractivity contribution in [2.24, 2.45) is 0 Å². The number of hydrogen-bond donors (Lipinski definition) is 1. The van der Waals surface area contributed by atoms with Crippen LogP contribution in [-0.4, -0.2) is 15.4 Å². The molecule has 0 radical (unpaired) electrons. The van der Waals surface area contributed by atoms with E-state index in [1.807, 2.05) is 13.0 Å². The second-order valence-corrected chi connectivity index (χ2v) is 2.27. The maximum absolute atomic E-state index is 4.89. The van der Waals surface area contributed by atoms with E-state index < -0.39 is 0 Å². The van der Waals surface area contributed by atoms with E-state index in [4.69, 9.17) is 4.52 Å². The van der Waals surface area contributed by atoms with Gasteiger partial charge in [-0.1, -0.05) is 5.16 Å². The predicted octanol–water partition coefficient (Wildman–Crippen LogP) is 1.37. The van der Waals surface area contributed by atoms with Crippen molar-refractivity contribution >= 4 is 0 Å². The van der Waals surface area contributed by atoms with Gasteiger partial charge < -0.3 is 4.52 Å². The molecule has 0 fully saturated rings. The summed E-state index contributed by atoms with van der Waals surface area (Å²) in [6, 6.07) is 1.87. The molecule has 4 nitrogen and oxygen atoms in total. The van der Waals surface area contributed by atoms with Crippen LogP contribution in [0.25, 0.3) is 11.3 Å². The Morgan fingerprint density at radius 2 is 2.45 bits per heavy atom. The molecule has 2 aromatic rings. The highest BCUT2D eigenvalue weighted by molar-refractivity contribution is 5.58. The van der Waals surface area contributed by atoms with E-state index in [1.165, 1.54) is 0 Å². The number of nitrogens with zero attached hydrogens (tertiary/aromatic N) is 2. The summed E-state index contributed by atoms with van der Waals surface area (Å²) in [6.45, 7) is 1.86. The number of rotatable bonds is 1. The Morgan fingerprint density at radius 1 is 1.55 bits per heavy atom. The molecular formula is C7H7N3O. The lowest BCUT2D eigenvalue weighted by molar-refractivity contribution is 0.398. The molecule has 0 unspecified atom stereocenters. The third-order valence-electron chi connectivity index (χ3n) is 1.54. The van der Waals surface area contributed by atoms with Gasteiger partial charge >= 0.3 is 0 Å². The van der Waals surface area contributed by atoms with Gasteiger partial charge in [0.15, 0.2) is 0 Å². The van der Waals surface area contributed by atoms with Crippen LogP contribution in [0.5, 0.6) is 0 Å². The summed E-state index contributed by atoms with van der Waals surface area (Å²) in [7, 11) is 0. The zero-order valence-corrected chi connectivity index (χ0v) is 6.03. The second-order valence-electron chi connectivity index (χ2n) is 2.27. The average molecular weight is 149 g/mol. The van der Waals surface area contributed by atoms with E-state index in [0.29, 0.717) is 0 Å². The molecule has 2 heterocycles. The lowest BCUT2D eigenvalue weighted by Crippen LogP contribution is -1.76. The lowest BCUT2D eigenvalue weighted by Gasteiger charge is -1.88. The second kappa shape index (κ2) is 2.23. The summed E-state index contributed by atoms with van der Waals surface area (Å²) in [5.41, 5.74) is 1.89. The highest BCUT2D eigenvalue weighted by Gasteiger charge is 2.05. The van der Waals surface area contributed by atoms with Crippen LogP contribution >= 0.6 is 0 Å². The molecule has 56 valence electrons. The van der Waals surface area contributed by atoms with Gasteiger partial charge in [-0.2, -0.15) is 5.10 Å². The molecule has 0 atom stereocenters. The number of aromatic nitrogens is 3. The van der Waals surface area contributed by atoms with Gasteiger partial charge in [-0.15, -0.1) is 0 Å². The number of nitrogens with one attached hydrogen (secondary N) is 1. The van der Waals surface area contributed by atoms with E-state index in [9.17, 15) is 0 Å². The Balaban J connectivity index is 2.53. The van der Waals surface area contributed by atoms with Gasteiger partial charge in [-0.25, -0.2) is 0 Å². The number of aromatic amines is 1. The fourth-order valence-electron chi connectivity index (χ4n) is 0.963. The first-order valence-corrected chi connectivity index (χ1v) is 3.29. The molecule has 2 rings (SSSR count). The van der Waals surface area contributed by atoms with Crippen LogP contribution in [0.2, 0.25) is 0 Å². The molecule has 0 saturated carbocycles. The average Bonchev–Trinajstić information content (AvgIpc) is 2.55. The summed E-state index contributed by atoms with van der Waals surface area (Å²) in [5, 5.41) is 10.3. The maximum atomic E-state index is 4.89. The van der Waals surface area contributed by atoms with Gasteiger partial charge in [0.1, 0.15) is 5.76 Å². The summed E-state index contributed by atoms with van der Waals surface area (Å²) < 4.78 is 4.89. The van der Waals surface area contributed by atoms with Crippen LogP contribution in [0.3, 0.4) is 0 Å². The van der Waals surface area contributed by atoms with Crippen LogP contribution < -0.4 is 0 Å². The Kier molecular flexibility index (Phi) is 1.25. The minimum atomic E-state index is 0.800. The van der Waals surface area contributed by atoms with Crippen LogP contribution in [0, 0.1) is 6.92 Å². The van der Waals surface area contributed by atoms with Crippen molar-refractivity contribution < 1.29 is 4.52 Å². The standard InChI is InChI=1S/C7H7N3O/c1-5-6(4-9-11-5)7-2-3-8-10-7/h2-4H,1H3,(H,8,10). The van der Waals surface area contributed by atoms with Crippen LogP contribution in [0.1, 0.15) is 5.76 Å². The minimum Gasteiger partial charge on any atom is -0.361 e. The fourth-order valence-corrected chi connectivity index (χ4v) is 0.963. The molecule has 0 aliphatic rings. The normalized spacial score (nSPS) is 10.3. The Bertz CT molecular complexity index is 336. The minimum absolute atomic E-state index is 0.800. The van der Waals surface area contributed by atoms with Gasteiger partial charge in [0.05, 0.1) is 17.5 Å². The molecule has 1 N–H and O–H groups in total. The van der Waals surface area contributed by atoms with Crippen LogP contribution in [-0.2, 0) is 0 Å². The predicted molar refractivity (Wildman–Crippen MR) is 38.8 cm³/mol. The van der Waals surface area contributed by atoms with Crippen molar-refractivity contribution in [2.75, 3.05) is 0 Å². The first-order chi connectivity index (χ1) is 5.38. The van der Waals surface area contributed by atoms with Gasteiger partial charge in [-0.3, -0.25) is 5.10 Å². The summed E-state index contributed by atoms with van der Waals surface area (Å²) >= 11 is 0. The molecule has 11 heavy (non-hydrogen) atoms. The molecule has 0 saturated heterocycles. The number of H-pyrrole nitrogens is 1. The SMILES string of the molecule is Cc1oncc1-c1ccn[nH]1. The zero-order valence-electron chi connectivity index (χ0n) is 6.03. The quantitative estimate of drug-likeness (QED) is 0.666. The van der Waals surface area contributed by atoms with E-state index in [0.717, 1.165) is 17.0 Å². The topological polar surface area (TPSA) is 54.7 Å². The van der Waals surface area contributed by atoms with Crippen molar-refractivity contribution in [3.63, 3.8) is 0 Å². The van der Waals surface area contributed by atoms with Crippen molar-refractivity contribution in [2.45, 2.75) is 6.92 Å². The van der Waals surface area contributed by atoms with Gasteiger partial charge in [0.25, 0.3) is 0 Å². The molecule has 0 bridgehead atoms. The summed E-state index contributed by atoms with van der Waals surface area (Å²) in [4.78, 5) is 0. The molecule has 4 heteroatoms. The highest BCUT2D eigenvalue weighted by atomic mass is 16.5. The maximum Gasteiger partial charge on any atom is 0.142 e. The van der Waals surface area contributed by atoms with Crippen LogP contribution in [0.15, 0.2) is 23.0 Å². The van der Waals surface area contributed by atoms with E-state index >= 15 is 0 Å². The third kappa shape index (κ3) is 0.920. The molecule has 0 aliphatic carbocycles. The molecule has 0 spiro atoms. The Hall–Kier alpha value is -1.58. The first-order valence-electron chi connectivity index (χ1n) is 3.29. The molecule has 2 aromatic heterocycles. The summed E-state index contributed by atoms with van der Waals surface area (Å²) in [5.74, 6) is 0.800. The summed E-state index contributed by atoms with van der Waals surface area (Å²) in [6.07, 6.45) is 3.37. The molecule has 0 amide bonds. The van der Waals surface area contributed by atoms with E-state index in [2.05, 4.69) is 15.4 Å². The van der Waals surface area contributed by atoms with Crippen molar-refractivity contribution in [3.8, 4) is 11.3 Å². The first kappa shape index (κ1) is 6.15. The Labute approximate surface area is 63.2 Å². The van der Waals surface area contributed by atoms with Crippen molar-refractivity contribution in [3.05, 3.63) is 24.2 Å². The monoisotopic (exact) mass is 149 g/mol. The third-order valence-corrected chi connectivity index (χ3v) is 1.54. The van der Waals surface area contributed by atoms with Gasteiger partial charge in [-0.05, 0) is 13.0 Å². The van der Waals surface area contributed by atoms with Crippen molar-refractivity contribution in [1.29, 1.82) is 0 Å².